The molecule has 3 aliphatic carbocycles. The van der Waals surface area contributed by atoms with Gasteiger partial charge in [-0.1, -0.05) is 36.4 Å². The van der Waals surface area contributed by atoms with Crippen LogP contribution in [0.3, 0.4) is 0 Å². The standard InChI is InChI=1S/C29H35NO5/c31-22-11-10-21-17-24-29(34-16-4-7-19-5-2-1-3-6-19)13-12-23(32)27-28(29,25(21)26(22)35-27)14-15-30(24,33)18-20-8-9-20/h1-3,5-6,10-11,20,23-24,27,31-32H,4,7-9,12-18H2/t23?,24-,27+,28+,29-,30?/m1/s1. The average Bonchev–Trinajstić information content (AvgIpc) is 3.59. The van der Waals surface area contributed by atoms with Crippen LogP contribution in [0.1, 0.15) is 55.2 Å². The number of nitrogens with zero attached hydrogens (tertiary/aromatic N) is 1. The van der Waals surface area contributed by atoms with Crippen molar-refractivity contribution in [2.45, 2.75) is 80.6 Å². The van der Waals surface area contributed by atoms with E-state index < -0.39 is 23.2 Å². The molecule has 35 heavy (non-hydrogen) atoms. The first-order valence-corrected chi connectivity index (χ1v) is 13.4. The number of likely N-dealkylation sites (tertiary alicyclic amines) is 1. The summed E-state index contributed by atoms with van der Waals surface area (Å²) < 4.78 is 13.2. The van der Waals surface area contributed by atoms with Gasteiger partial charge >= 0.3 is 0 Å². The molecule has 186 valence electrons. The Morgan fingerprint density at radius 2 is 1.91 bits per heavy atom. The number of piperidine rings is 1. The van der Waals surface area contributed by atoms with Gasteiger partial charge in [0.2, 0.25) is 0 Å². The van der Waals surface area contributed by atoms with E-state index in [1.807, 2.05) is 12.1 Å². The van der Waals surface area contributed by atoms with Gasteiger partial charge in [-0.3, -0.25) is 0 Å². The largest absolute Gasteiger partial charge is 0.632 e. The highest BCUT2D eigenvalue weighted by Gasteiger charge is 2.77. The monoisotopic (exact) mass is 477 g/mol. The molecule has 2 bridgehead atoms. The molecule has 0 radical (unpaired) electrons. The maximum Gasteiger partial charge on any atom is 0.165 e. The molecule has 1 spiro atoms. The molecule has 2 saturated carbocycles. The van der Waals surface area contributed by atoms with E-state index in [0.717, 1.165) is 36.8 Å². The lowest BCUT2D eigenvalue weighted by Gasteiger charge is -2.69. The van der Waals surface area contributed by atoms with Crippen molar-refractivity contribution < 1.29 is 24.3 Å². The van der Waals surface area contributed by atoms with Crippen LogP contribution in [0.4, 0.5) is 0 Å². The fourth-order valence-electron chi connectivity index (χ4n) is 8.17. The summed E-state index contributed by atoms with van der Waals surface area (Å²) in [4.78, 5) is 0. The van der Waals surface area contributed by atoms with Gasteiger partial charge in [-0.05, 0) is 55.7 Å². The number of aryl methyl sites for hydroxylation is 1. The number of rotatable bonds is 7. The topological polar surface area (TPSA) is 82.0 Å². The maximum atomic E-state index is 14.6. The van der Waals surface area contributed by atoms with E-state index in [9.17, 15) is 15.4 Å². The van der Waals surface area contributed by atoms with Gasteiger partial charge in [0.1, 0.15) is 17.7 Å². The molecule has 2 aromatic carbocycles. The SMILES string of the molecule is [O-][N+]1(CC2CC2)CC[C@]23c4c5ccc(O)c4O[C@H]2C(O)CC[C@@]3(OCCCc2ccccc2)[C@H]1C5. The number of ether oxygens (including phenoxy) is 2. The van der Waals surface area contributed by atoms with E-state index in [0.29, 0.717) is 57.0 Å². The molecule has 6 nitrogen and oxygen atoms in total. The molecule has 6 atom stereocenters. The summed E-state index contributed by atoms with van der Waals surface area (Å²) in [5.74, 6) is 1.16. The molecule has 2 heterocycles. The Morgan fingerprint density at radius 1 is 1.09 bits per heavy atom. The van der Waals surface area contributed by atoms with Crippen LogP contribution in [0.2, 0.25) is 0 Å². The minimum atomic E-state index is -0.686. The summed E-state index contributed by atoms with van der Waals surface area (Å²) in [6.07, 6.45) is 5.49. The number of quaternary nitrogens is 1. The van der Waals surface area contributed by atoms with Crippen LogP contribution in [0.25, 0.3) is 0 Å². The summed E-state index contributed by atoms with van der Waals surface area (Å²) in [7, 11) is 0. The summed E-state index contributed by atoms with van der Waals surface area (Å²) in [6, 6.07) is 13.9. The van der Waals surface area contributed by atoms with Gasteiger partial charge in [-0.15, -0.1) is 0 Å². The van der Waals surface area contributed by atoms with Crippen LogP contribution < -0.4 is 4.74 Å². The van der Waals surface area contributed by atoms with E-state index in [-0.39, 0.29) is 16.4 Å². The number of hydrogen-bond donors (Lipinski definition) is 2. The Morgan fingerprint density at radius 3 is 2.71 bits per heavy atom. The van der Waals surface area contributed by atoms with Gasteiger partial charge in [0, 0.05) is 30.9 Å². The zero-order valence-electron chi connectivity index (χ0n) is 20.2. The van der Waals surface area contributed by atoms with E-state index in [2.05, 4.69) is 24.3 Å². The van der Waals surface area contributed by atoms with Crippen LogP contribution in [-0.2, 0) is 23.0 Å². The first kappa shape index (κ1) is 22.1. The van der Waals surface area contributed by atoms with Crippen molar-refractivity contribution in [3.8, 4) is 11.5 Å². The highest BCUT2D eigenvalue weighted by atomic mass is 16.6. The van der Waals surface area contributed by atoms with Gasteiger partial charge in [-0.2, -0.15) is 0 Å². The fourth-order valence-corrected chi connectivity index (χ4v) is 8.17. The molecule has 5 aliphatic rings. The van der Waals surface area contributed by atoms with Gasteiger partial charge in [-0.25, -0.2) is 0 Å². The molecule has 0 aromatic heterocycles. The van der Waals surface area contributed by atoms with Crippen LogP contribution in [0.15, 0.2) is 42.5 Å². The molecule has 3 fully saturated rings. The highest BCUT2D eigenvalue weighted by molar-refractivity contribution is 5.62. The van der Waals surface area contributed by atoms with Crippen molar-refractivity contribution in [2.24, 2.45) is 5.92 Å². The number of hydrogen-bond acceptors (Lipinski definition) is 5. The first-order chi connectivity index (χ1) is 17.0. The summed E-state index contributed by atoms with van der Waals surface area (Å²) in [5.41, 5.74) is 2.13. The number of aliphatic hydroxyl groups excluding tert-OH is 1. The Labute approximate surface area is 206 Å². The average molecular weight is 478 g/mol. The predicted octanol–water partition coefficient (Wildman–Crippen LogP) is 3.99. The third-order valence-electron chi connectivity index (χ3n) is 9.80. The van der Waals surface area contributed by atoms with Crippen molar-refractivity contribution in [3.63, 3.8) is 0 Å². The molecule has 2 aliphatic heterocycles. The third kappa shape index (κ3) is 3.03. The molecule has 6 heteroatoms. The third-order valence-corrected chi connectivity index (χ3v) is 9.80. The predicted molar refractivity (Wildman–Crippen MR) is 131 cm³/mol. The second-order valence-corrected chi connectivity index (χ2v) is 11.7. The van der Waals surface area contributed by atoms with Crippen molar-refractivity contribution in [1.29, 1.82) is 0 Å². The van der Waals surface area contributed by atoms with E-state index >= 15 is 0 Å². The minimum Gasteiger partial charge on any atom is -0.632 e. The quantitative estimate of drug-likeness (QED) is 0.358. The maximum absolute atomic E-state index is 14.6. The molecule has 0 amide bonds. The number of aliphatic hydroxyl groups is 1. The second-order valence-electron chi connectivity index (χ2n) is 11.7. The molecular weight excluding hydrogens is 442 g/mol. The van der Waals surface area contributed by atoms with Gasteiger partial charge in [0.05, 0.1) is 24.6 Å². The van der Waals surface area contributed by atoms with Crippen molar-refractivity contribution >= 4 is 0 Å². The Balaban J connectivity index is 1.30. The van der Waals surface area contributed by atoms with E-state index in [1.165, 1.54) is 5.56 Å². The van der Waals surface area contributed by atoms with Gasteiger partial charge in [0.15, 0.2) is 11.5 Å². The molecule has 1 saturated heterocycles. The normalized spacial score (nSPS) is 38.6. The number of aromatic hydroxyl groups is 1. The molecular formula is C29H35NO5. The minimum absolute atomic E-state index is 0.127. The van der Waals surface area contributed by atoms with E-state index in [4.69, 9.17) is 9.47 Å². The van der Waals surface area contributed by atoms with Crippen molar-refractivity contribution in [2.75, 3.05) is 19.7 Å². The molecule has 2 unspecified atom stereocenters. The smallest absolute Gasteiger partial charge is 0.165 e. The van der Waals surface area contributed by atoms with Crippen LogP contribution in [-0.4, -0.2) is 58.4 Å². The van der Waals surface area contributed by atoms with Crippen LogP contribution >= 0.6 is 0 Å². The zero-order chi connectivity index (χ0) is 23.8. The number of phenols is 1. The Hall–Kier alpha value is -2.12. The Bertz CT molecular complexity index is 1140. The molecule has 2 aromatic rings. The zero-order valence-corrected chi connectivity index (χ0v) is 20.2. The summed E-state index contributed by atoms with van der Waals surface area (Å²) in [5, 5.41) is 36.5. The number of hydroxylamine groups is 3. The number of phenolic OH excluding ortho intramolecular Hbond substituents is 1. The first-order valence-electron chi connectivity index (χ1n) is 13.4. The van der Waals surface area contributed by atoms with Gasteiger partial charge in [0.25, 0.3) is 0 Å². The fraction of sp³-hybridized carbons (Fsp3) is 0.586. The Kier molecular flexibility index (Phi) is 4.86. The van der Waals surface area contributed by atoms with Gasteiger partial charge < -0.3 is 29.5 Å². The summed E-state index contributed by atoms with van der Waals surface area (Å²) >= 11 is 0. The lowest BCUT2D eigenvalue weighted by atomic mass is 9.48. The van der Waals surface area contributed by atoms with E-state index in [1.54, 1.807) is 6.07 Å². The second kappa shape index (κ2) is 7.69. The van der Waals surface area contributed by atoms with Crippen molar-refractivity contribution in [3.05, 3.63) is 64.4 Å². The molecule has 2 N–H and O–H groups in total. The van der Waals surface area contributed by atoms with Crippen LogP contribution in [0.5, 0.6) is 11.5 Å². The number of benzene rings is 2. The van der Waals surface area contributed by atoms with Crippen LogP contribution in [0, 0.1) is 11.1 Å². The lowest BCUT2D eigenvalue weighted by Crippen LogP contribution is -2.81. The van der Waals surface area contributed by atoms with Crippen molar-refractivity contribution in [1.82, 2.24) is 0 Å². The summed E-state index contributed by atoms with van der Waals surface area (Å²) in [6.45, 7) is 1.77. The molecule has 7 rings (SSSR count). The lowest BCUT2D eigenvalue weighted by molar-refractivity contribution is -0.924. The highest BCUT2D eigenvalue weighted by Crippen LogP contribution is 2.67.